The fraction of sp³-hybridized carbons (Fsp3) is 0.333. The lowest BCUT2D eigenvalue weighted by Crippen LogP contribution is -2.31. The van der Waals surface area contributed by atoms with Gasteiger partial charge in [-0.1, -0.05) is 25.0 Å². The molecule has 0 bridgehead atoms. The Kier molecular flexibility index (Phi) is 3.34. The Labute approximate surface area is 155 Å². The molecule has 0 atom stereocenters. The third kappa shape index (κ3) is 2.05. The minimum Gasteiger partial charge on any atom is -0.260 e. The fourth-order valence-electron chi connectivity index (χ4n) is 5.16. The number of aryl methyl sites for hydroxylation is 3. The minimum atomic E-state index is 0.136. The predicted octanol–water partition coefficient (Wildman–Crippen LogP) is 5.03. The lowest BCUT2D eigenvalue weighted by Gasteiger charge is -2.25. The zero-order chi connectivity index (χ0) is 17.9. The van der Waals surface area contributed by atoms with Crippen molar-refractivity contribution in [1.29, 1.82) is 0 Å². The van der Waals surface area contributed by atoms with Crippen LogP contribution in [0.2, 0.25) is 0 Å². The molecule has 5 rings (SSSR count). The Hall–Kier alpha value is -2.48. The molecular weight excluding hydrogens is 316 g/mol. The number of fused-ring (bicyclic) bond motifs is 5. The second-order valence-electron chi connectivity index (χ2n) is 8.10. The summed E-state index contributed by atoms with van der Waals surface area (Å²) in [5.41, 5.74) is 11.0. The first-order chi connectivity index (χ1) is 12.6. The Bertz CT molecular complexity index is 1030. The molecule has 0 saturated heterocycles. The van der Waals surface area contributed by atoms with Crippen LogP contribution in [0.1, 0.15) is 48.1 Å². The van der Waals surface area contributed by atoms with Crippen molar-refractivity contribution < 1.29 is 4.57 Å². The largest absolute Gasteiger partial charge is 0.260 e. The van der Waals surface area contributed by atoms with Crippen molar-refractivity contribution >= 4 is 0 Å². The predicted molar refractivity (Wildman–Crippen MR) is 105 cm³/mol. The molecule has 2 nitrogen and oxygen atoms in total. The monoisotopic (exact) mass is 341 g/mol. The fourth-order valence-corrected chi connectivity index (χ4v) is 5.16. The third-order valence-electron chi connectivity index (χ3n) is 6.47. The Morgan fingerprint density at radius 1 is 0.962 bits per heavy atom. The molecule has 2 aromatic heterocycles. The van der Waals surface area contributed by atoms with E-state index in [2.05, 4.69) is 68.1 Å². The first-order valence-corrected chi connectivity index (χ1v) is 9.68. The van der Waals surface area contributed by atoms with Crippen LogP contribution in [-0.2, 0) is 12.5 Å². The highest BCUT2D eigenvalue weighted by Crippen LogP contribution is 2.56. The molecular formula is C24H25N2+. The summed E-state index contributed by atoms with van der Waals surface area (Å²) in [6.07, 6.45) is 9.20. The smallest absolute Gasteiger partial charge is 0.212 e. The summed E-state index contributed by atoms with van der Waals surface area (Å²) in [5.74, 6) is 0. The molecule has 3 aromatic rings. The highest BCUT2D eigenvalue weighted by molar-refractivity contribution is 5.83. The Balaban J connectivity index is 1.80. The summed E-state index contributed by atoms with van der Waals surface area (Å²) in [6, 6.07) is 13.7. The summed E-state index contributed by atoms with van der Waals surface area (Å²) in [7, 11) is 2.14. The van der Waals surface area contributed by atoms with Crippen molar-refractivity contribution in [2.75, 3.05) is 0 Å². The van der Waals surface area contributed by atoms with Gasteiger partial charge in [0.25, 0.3) is 0 Å². The van der Waals surface area contributed by atoms with E-state index in [0.29, 0.717) is 0 Å². The summed E-state index contributed by atoms with van der Waals surface area (Å²) >= 11 is 0. The molecule has 1 fully saturated rings. The first kappa shape index (κ1) is 15.7. The van der Waals surface area contributed by atoms with E-state index in [1.807, 2.05) is 6.20 Å². The SMILES string of the molecule is Cc1cc[n+](C)c(-c2cc3c(cc2C)-c2cccnc2C32CCCC2)c1. The van der Waals surface area contributed by atoms with Gasteiger partial charge in [0, 0.05) is 34.9 Å². The molecule has 0 radical (unpaired) electrons. The van der Waals surface area contributed by atoms with Gasteiger partial charge < -0.3 is 0 Å². The van der Waals surface area contributed by atoms with Gasteiger partial charge >= 0.3 is 0 Å². The van der Waals surface area contributed by atoms with Crippen LogP contribution in [0.3, 0.4) is 0 Å². The van der Waals surface area contributed by atoms with Gasteiger partial charge in [0.05, 0.1) is 5.69 Å². The normalized spacial score (nSPS) is 16.7. The van der Waals surface area contributed by atoms with Gasteiger partial charge in [-0.3, -0.25) is 4.98 Å². The number of aromatic nitrogens is 2. The van der Waals surface area contributed by atoms with Gasteiger partial charge in [-0.2, -0.15) is 0 Å². The van der Waals surface area contributed by atoms with Crippen LogP contribution in [0.25, 0.3) is 22.4 Å². The number of rotatable bonds is 1. The van der Waals surface area contributed by atoms with Crippen LogP contribution in [0.4, 0.5) is 0 Å². The van der Waals surface area contributed by atoms with Gasteiger partial charge in [-0.15, -0.1) is 0 Å². The van der Waals surface area contributed by atoms with Gasteiger partial charge in [-0.05, 0) is 61.1 Å². The molecule has 0 unspecified atom stereocenters. The lowest BCUT2D eigenvalue weighted by atomic mass is 9.78. The average molecular weight is 341 g/mol. The van der Waals surface area contributed by atoms with Crippen molar-refractivity contribution in [3.63, 3.8) is 0 Å². The highest BCUT2D eigenvalue weighted by Gasteiger charge is 2.46. The Morgan fingerprint density at radius 2 is 1.77 bits per heavy atom. The van der Waals surface area contributed by atoms with Crippen LogP contribution in [0.15, 0.2) is 48.8 Å². The van der Waals surface area contributed by atoms with Crippen molar-refractivity contribution in [3.05, 3.63) is 71.2 Å². The maximum absolute atomic E-state index is 4.87. The van der Waals surface area contributed by atoms with Crippen molar-refractivity contribution in [2.45, 2.75) is 44.9 Å². The van der Waals surface area contributed by atoms with E-state index in [4.69, 9.17) is 4.98 Å². The van der Waals surface area contributed by atoms with Crippen LogP contribution in [0, 0.1) is 13.8 Å². The molecule has 0 N–H and O–H groups in total. The summed E-state index contributed by atoms with van der Waals surface area (Å²) < 4.78 is 2.24. The van der Waals surface area contributed by atoms with E-state index in [9.17, 15) is 0 Å². The zero-order valence-corrected chi connectivity index (χ0v) is 15.8. The average Bonchev–Trinajstić information content (AvgIpc) is 3.23. The van der Waals surface area contributed by atoms with E-state index in [1.165, 1.54) is 70.5 Å². The van der Waals surface area contributed by atoms with Crippen molar-refractivity contribution in [2.24, 2.45) is 7.05 Å². The van der Waals surface area contributed by atoms with Gasteiger partial charge in [-0.25, -0.2) is 4.57 Å². The van der Waals surface area contributed by atoms with Gasteiger partial charge in [0.15, 0.2) is 6.20 Å². The molecule has 0 amide bonds. The minimum absolute atomic E-state index is 0.136. The number of pyridine rings is 2. The van der Waals surface area contributed by atoms with Gasteiger partial charge in [0.1, 0.15) is 7.05 Å². The second-order valence-corrected chi connectivity index (χ2v) is 8.10. The van der Waals surface area contributed by atoms with E-state index >= 15 is 0 Å². The molecule has 1 saturated carbocycles. The molecule has 26 heavy (non-hydrogen) atoms. The maximum Gasteiger partial charge on any atom is 0.212 e. The lowest BCUT2D eigenvalue weighted by molar-refractivity contribution is -0.660. The molecule has 130 valence electrons. The zero-order valence-electron chi connectivity index (χ0n) is 15.8. The second kappa shape index (κ2) is 5.51. The standard InChI is InChI=1S/C24H25N2/c1-16-8-12-26(3)22(13-16)19-15-21-20(14-17(19)2)18-7-6-11-25-23(18)24(21)9-4-5-10-24/h6-8,11-15H,4-5,9-10H2,1-3H3/q+1. The maximum atomic E-state index is 4.87. The van der Waals surface area contributed by atoms with Crippen molar-refractivity contribution in [3.8, 4) is 22.4 Å². The summed E-state index contributed by atoms with van der Waals surface area (Å²) in [5, 5.41) is 0. The molecule has 2 heteroatoms. The molecule has 0 aliphatic heterocycles. The molecule has 2 aliphatic rings. The number of nitrogens with zero attached hydrogens (tertiary/aromatic N) is 2. The Morgan fingerprint density at radius 3 is 2.58 bits per heavy atom. The van der Waals surface area contributed by atoms with E-state index < -0.39 is 0 Å². The van der Waals surface area contributed by atoms with E-state index in [0.717, 1.165) is 0 Å². The van der Waals surface area contributed by atoms with E-state index in [1.54, 1.807) is 0 Å². The number of hydrogen-bond donors (Lipinski definition) is 0. The summed E-state index contributed by atoms with van der Waals surface area (Å²) in [6.45, 7) is 4.41. The molecule has 1 spiro atoms. The quantitative estimate of drug-likeness (QED) is 0.567. The van der Waals surface area contributed by atoms with Crippen LogP contribution in [-0.4, -0.2) is 4.98 Å². The van der Waals surface area contributed by atoms with Crippen molar-refractivity contribution in [1.82, 2.24) is 4.98 Å². The number of hydrogen-bond acceptors (Lipinski definition) is 1. The third-order valence-corrected chi connectivity index (χ3v) is 6.47. The first-order valence-electron chi connectivity index (χ1n) is 9.68. The highest BCUT2D eigenvalue weighted by atomic mass is 14.9. The van der Waals surface area contributed by atoms with E-state index in [-0.39, 0.29) is 5.41 Å². The molecule has 2 heterocycles. The molecule has 2 aliphatic carbocycles. The van der Waals surface area contributed by atoms with Gasteiger partial charge in [0.2, 0.25) is 5.69 Å². The summed E-state index contributed by atoms with van der Waals surface area (Å²) in [4.78, 5) is 4.87. The molecule has 1 aromatic carbocycles. The van der Waals surface area contributed by atoms with Crippen LogP contribution in [0.5, 0.6) is 0 Å². The number of benzene rings is 1. The van der Waals surface area contributed by atoms with Crippen LogP contribution >= 0.6 is 0 Å². The van der Waals surface area contributed by atoms with Crippen LogP contribution < -0.4 is 4.57 Å². The topological polar surface area (TPSA) is 16.8 Å².